The molecule has 0 spiro atoms. The van der Waals surface area contributed by atoms with Gasteiger partial charge in [0, 0.05) is 18.7 Å². The smallest absolute Gasteiger partial charge is 0.123 e. The van der Waals surface area contributed by atoms with Crippen LogP contribution in [0.3, 0.4) is 0 Å². The van der Waals surface area contributed by atoms with Crippen LogP contribution >= 0.6 is 0 Å². The number of nitrogens with one attached hydrogen (secondary N) is 1. The van der Waals surface area contributed by atoms with Gasteiger partial charge in [0.2, 0.25) is 0 Å². The lowest BCUT2D eigenvalue weighted by molar-refractivity contribution is 0.252. The van der Waals surface area contributed by atoms with E-state index in [1.165, 1.54) is 11.1 Å². The number of rotatable bonds is 9. The summed E-state index contributed by atoms with van der Waals surface area (Å²) in [5, 5.41) is 12.1. The maximum atomic E-state index is 8.73. The van der Waals surface area contributed by atoms with Gasteiger partial charge in [0.25, 0.3) is 0 Å². The van der Waals surface area contributed by atoms with Crippen molar-refractivity contribution in [3.63, 3.8) is 0 Å². The number of hydrogen-bond donors (Lipinski definition) is 2. The lowest BCUT2D eigenvalue weighted by Crippen LogP contribution is -2.15. The molecular formula is C15H25NO2. The van der Waals surface area contributed by atoms with Gasteiger partial charge >= 0.3 is 0 Å². The lowest BCUT2D eigenvalue weighted by atomic mass is 10.1. The molecule has 0 aliphatic carbocycles. The van der Waals surface area contributed by atoms with E-state index in [0.717, 1.165) is 38.1 Å². The molecule has 0 aliphatic heterocycles. The van der Waals surface area contributed by atoms with Crippen LogP contribution in [0.5, 0.6) is 5.75 Å². The summed E-state index contributed by atoms with van der Waals surface area (Å²) in [6.45, 7) is 7.05. The summed E-state index contributed by atoms with van der Waals surface area (Å²) < 4.78 is 5.77. The van der Waals surface area contributed by atoms with Gasteiger partial charge in [-0.3, -0.25) is 0 Å². The normalized spacial score (nSPS) is 10.6. The maximum Gasteiger partial charge on any atom is 0.123 e. The molecule has 0 saturated heterocycles. The van der Waals surface area contributed by atoms with Crippen LogP contribution in [0, 0.1) is 6.92 Å². The first kappa shape index (κ1) is 15.0. The van der Waals surface area contributed by atoms with Crippen LogP contribution < -0.4 is 10.1 Å². The Kier molecular flexibility index (Phi) is 7.46. The van der Waals surface area contributed by atoms with Crippen molar-refractivity contribution in [3.8, 4) is 5.75 Å². The predicted molar refractivity (Wildman–Crippen MR) is 75.0 cm³/mol. The van der Waals surface area contributed by atoms with Gasteiger partial charge in [0.05, 0.1) is 6.61 Å². The van der Waals surface area contributed by atoms with Crippen LogP contribution in [-0.4, -0.2) is 24.9 Å². The molecule has 1 aromatic rings. The van der Waals surface area contributed by atoms with E-state index in [9.17, 15) is 0 Å². The third-order valence-electron chi connectivity index (χ3n) is 2.77. The molecule has 0 aromatic heterocycles. The largest absolute Gasteiger partial charge is 0.493 e. The van der Waals surface area contributed by atoms with Crippen LogP contribution in [0.1, 0.15) is 37.3 Å². The molecular weight excluding hydrogens is 226 g/mol. The second-order valence-electron chi connectivity index (χ2n) is 4.57. The maximum absolute atomic E-state index is 8.73. The average Bonchev–Trinajstić information content (AvgIpc) is 2.37. The monoisotopic (exact) mass is 251 g/mol. The van der Waals surface area contributed by atoms with Gasteiger partial charge in [-0.1, -0.05) is 24.6 Å². The summed E-state index contributed by atoms with van der Waals surface area (Å²) in [6.07, 6.45) is 2.83. The van der Waals surface area contributed by atoms with Crippen LogP contribution in [0.4, 0.5) is 0 Å². The van der Waals surface area contributed by atoms with E-state index in [4.69, 9.17) is 9.84 Å². The van der Waals surface area contributed by atoms with Crippen LogP contribution in [0.15, 0.2) is 18.2 Å². The summed E-state index contributed by atoms with van der Waals surface area (Å²) >= 11 is 0. The topological polar surface area (TPSA) is 41.5 Å². The Morgan fingerprint density at radius 1 is 1.28 bits per heavy atom. The zero-order valence-corrected chi connectivity index (χ0v) is 11.5. The van der Waals surface area contributed by atoms with Gasteiger partial charge in [-0.15, -0.1) is 0 Å². The van der Waals surface area contributed by atoms with E-state index in [0.29, 0.717) is 6.61 Å². The number of benzene rings is 1. The molecule has 1 rings (SSSR count). The molecule has 0 amide bonds. The van der Waals surface area contributed by atoms with Crippen LogP contribution in [0.2, 0.25) is 0 Å². The fourth-order valence-electron chi connectivity index (χ4n) is 1.78. The number of hydrogen-bond acceptors (Lipinski definition) is 3. The highest BCUT2D eigenvalue weighted by Gasteiger charge is 2.03. The van der Waals surface area contributed by atoms with Crippen molar-refractivity contribution in [3.05, 3.63) is 29.3 Å². The van der Waals surface area contributed by atoms with Gasteiger partial charge in [0.1, 0.15) is 5.75 Å². The molecule has 0 radical (unpaired) electrons. The zero-order valence-electron chi connectivity index (χ0n) is 11.5. The number of unbranched alkanes of at least 4 members (excludes halogenated alkanes) is 1. The Labute approximate surface area is 110 Å². The summed E-state index contributed by atoms with van der Waals surface area (Å²) in [5.74, 6) is 0.960. The third kappa shape index (κ3) is 5.52. The molecule has 0 saturated carbocycles. The molecule has 0 heterocycles. The SMILES string of the molecule is CCCNCc1cc(C)ccc1OCCCCO. The van der Waals surface area contributed by atoms with E-state index in [1.807, 2.05) is 6.07 Å². The summed E-state index contributed by atoms with van der Waals surface area (Å²) in [6, 6.07) is 6.28. The Balaban J connectivity index is 2.52. The van der Waals surface area contributed by atoms with E-state index >= 15 is 0 Å². The van der Waals surface area contributed by atoms with Crippen molar-refractivity contribution in [2.45, 2.75) is 39.7 Å². The van der Waals surface area contributed by atoms with Crippen molar-refractivity contribution in [2.75, 3.05) is 19.8 Å². The van der Waals surface area contributed by atoms with Crippen LogP contribution in [0.25, 0.3) is 0 Å². The van der Waals surface area contributed by atoms with Crippen molar-refractivity contribution in [1.29, 1.82) is 0 Å². The summed E-state index contributed by atoms with van der Waals surface area (Å²) in [4.78, 5) is 0. The highest BCUT2D eigenvalue weighted by molar-refractivity contribution is 5.36. The molecule has 0 aliphatic rings. The summed E-state index contributed by atoms with van der Waals surface area (Å²) in [5.41, 5.74) is 2.47. The fraction of sp³-hybridized carbons (Fsp3) is 0.600. The Morgan fingerprint density at radius 3 is 2.83 bits per heavy atom. The van der Waals surface area contributed by atoms with Crippen molar-refractivity contribution < 1.29 is 9.84 Å². The first-order valence-corrected chi connectivity index (χ1v) is 6.81. The van der Waals surface area contributed by atoms with Gasteiger partial charge in [0.15, 0.2) is 0 Å². The molecule has 0 bridgehead atoms. The molecule has 1 aromatic carbocycles. The number of aliphatic hydroxyl groups is 1. The molecule has 2 N–H and O–H groups in total. The molecule has 18 heavy (non-hydrogen) atoms. The van der Waals surface area contributed by atoms with Crippen molar-refractivity contribution in [1.82, 2.24) is 5.32 Å². The van der Waals surface area contributed by atoms with Crippen LogP contribution in [-0.2, 0) is 6.54 Å². The van der Waals surface area contributed by atoms with E-state index in [1.54, 1.807) is 0 Å². The molecule has 102 valence electrons. The highest BCUT2D eigenvalue weighted by atomic mass is 16.5. The third-order valence-corrected chi connectivity index (χ3v) is 2.77. The van der Waals surface area contributed by atoms with Gasteiger partial charge in [-0.2, -0.15) is 0 Å². The standard InChI is InChI=1S/C15H25NO2/c1-3-8-16-12-14-11-13(2)6-7-15(14)18-10-5-4-9-17/h6-7,11,16-17H,3-5,8-10,12H2,1-2H3. The van der Waals surface area contributed by atoms with Crippen molar-refractivity contribution >= 4 is 0 Å². The van der Waals surface area contributed by atoms with Gasteiger partial charge in [-0.25, -0.2) is 0 Å². The molecule has 3 heteroatoms. The minimum absolute atomic E-state index is 0.238. The van der Waals surface area contributed by atoms with Crippen molar-refractivity contribution in [2.24, 2.45) is 0 Å². The van der Waals surface area contributed by atoms with Gasteiger partial charge < -0.3 is 15.2 Å². The zero-order chi connectivity index (χ0) is 13.2. The average molecular weight is 251 g/mol. The van der Waals surface area contributed by atoms with E-state index in [2.05, 4.69) is 31.3 Å². The van der Waals surface area contributed by atoms with E-state index in [-0.39, 0.29) is 6.61 Å². The fourth-order valence-corrected chi connectivity index (χ4v) is 1.78. The van der Waals surface area contributed by atoms with E-state index < -0.39 is 0 Å². The lowest BCUT2D eigenvalue weighted by Gasteiger charge is -2.13. The number of aliphatic hydroxyl groups excluding tert-OH is 1. The first-order valence-electron chi connectivity index (χ1n) is 6.81. The highest BCUT2D eigenvalue weighted by Crippen LogP contribution is 2.20. The quantitative estimate of drug-likeness (QED) is 0.663. The Morgan fingerprint density at radius 2 is 2.11 bits per heavy atom. The Bertz CT molecular complexity index is 339. The molecule has 0 unspecified atom stereocenters. The molecule has 0 atom stereocenters. The first-order chi connectivity index (χ1) is 8.77. The number of aryl methyl sites for hydroxylation is 1. The number of ether oxygens (including phenoxy) is 1. The molecule has 3 nitrogen and oxygen atoms in total. The minimum Gasteiger partial charge on any atom is -0.493 e. The Hall–Kier alpha value is -1.06. The molecule has 0 fully saturated rings. The minimum atomic E-state index is 0.238. The predicted octanol–water partition coefficient (Wildman–Crippen LogP) is 2.65. The van der Waals surface area contributed by atoms with Gasteiger partial charge in [-0.05, 0) is 38.8 Å². The summed E-state index contributed by atoms with van der Waals surface area (Å²) in [7, 11) is 0. The second kappa shape index (κ2) is 8.95. The second-order valence-corrected chi connectivity index (χ2v) is 4.57.